The molecule has 0 saturated heterocycles. The van der Waals surface area contributed by atoms with Crippen LogP contribution < -0.4 is 29.7 Å². The smallest absolute Gasteiger partial charge is 0.416 e. The predicted octanol–water partition coefficient (Wildman–Crippen LogP) is 6.85. The first-order chi connectivity index (χ1) is 22.5. The van der Waals surface area contributed by atoms with Crippen molar-refractivity contribution in [2.45, 2.75) is 32.7 Å². The molecule has 0 bridgehead atoms. The highest BCUT2D eigenvalue weighted by Gasteiger charge is 2.33. The molecule has 1 N–H and O–H groups in total. The number of carbonyl (C=O) groups is 1. The Kier molecular flexibility index (Phi) is 8.89. The maximum absolute atomic E-state index is 14.0. The Balaban J connectivity index is 1.35. The van der Waals surface area contributed by atoms with Crippen molar-refractivity contribution in [3.8, 4) is 11.5 Å². The summed E-state index contributed by atoms with van der Waals surface area (Å²) in [4.78, 5) is 33.8. The summed E-state index contributed by atoms with van der Waals surface area (Å²) in [6, 6.07) is 20.5. The molecule has 47 heavy (non-hydrogen) atoms. The number of thiophene rings is 1. The van der Waals surface area contributed by atoms with Crippen molar-refractivity contribution in [2.24, 2.45) is 4.99 Å². The monoisotopic (exact) mass is 675 g/mol. The van der Waals surface area contributed by atoms with Gasteiger partial charge >= 0.3 is 6.18 Å². The van der Waals surface area contributed by atoms with E-state index < -0.39 is 17.8 Å². The number of halogens is 3. The van der Waals surface area contributed by atoms with E-state index in [9.17, 15) is 22.8 Å². The fraction of sp³-hybridized carbons (Fsp3) is 0.171. The zero-order valence-electron chi connectivity index (χ0n) is 25.4. The quantitative estimate of drug-likeness (QED) is 0.195. The van der Waals surface area contributed by atoms with Gasteiger partial charge in [0.15, 0.2) is 4.80 Å². The number of aromatic nitrogens is 1. The Labute approximate surface area is 275 Å². The molecule has 0 radical (unpaired) electrons. The number of benzene rings is 3. The van der Waals surface area contributed by atoms with Crippen molar-refractivity contribution in [1.29, 1.82) is 0 Å². The largest absolute Gasteiger partial charge is 0.496 e. The van der Waals surface area contributed by atoms with Gasteiger partial charge in [-0.2, -0.15) is 13.2 Å². The minimum Gasteiger partial charge on any atom is -0.496 e. The SMILES string of the molecule is COc1ccc(/C=c2/sc3n(c2=O)[C@@H](c2cccs2)C(C(=O)Nc2ccccc2C)=C(C)N=3)cc1COc1cccc(C(F)(F)F)c1. The molecular weight excluding hydrogens is 648 g/mol. The van der Waals surface area contributed by atoms with Gasteiger partial charge in [0.2, 0.25) is 0 Å². The number of nitrogens with zero attached hydrogens (tertiary/aromatic N) is 2. The Morgan fingerprint density at radius 3 is 2.57 bits per heavy atom. The molecule has 1 atom stereocenters. The number of rotatable bonds is 8. The maximum atomic E-state index is 14.0. The van der Waals surface area contributed by atoms with Gasteiger partial charge in [-0.05, 0) is 78.9 Å². The molecule has 0 saturated carbocycles. The third-order valence-corrected chi connectivity index (χ3v) is 9.54. The van der Waals surface area contributed by atoms with E-state index in [0.717, 1.165) is 22.6 Å². The van der Waals surface area contributed by atoms with Crippen molar-refractivity contribution in [1.82, 2.24) is 4.57 Å². The van der Waals surface area contributed by atoms with Gasteiger partial charge in [0, 0.05) is 16.1 Å². The Hall–Kier alpha value is -4.94. The summed E-state index contributed by atoms with van der Waals surface area (Å²) in [7, 11) is 1.49. The van der Waals surface area contributed by atoms with Crippen LogP contribution in [-0.2, 0) is 17.6 Å². The van der Waals surface area contributed by atoms with E-state index in [0.29, 0.717) is 43.2 Å². The summed E-state index contributed by atoms with van der Waals surface area (Å²) < 4.78 is 52.7. The fourth-order valence-electron chi connectivity index (χ4n) is 5.31. The van der Waals surface area contributed by atoms with E-state index in [1.165, 1.54) is 41.9 Å². The molecule has 240 valence electrons. The number of hydrogen-bond acceptors (Lipinski definition) is 7. The number of anilines is 1. The second-order valence-corrected chi connectivity index (χ2v) is 12.7. The van der Waals surface area contributed by atoms with Crippen LogP contribution in [0.15, 0.2) is 105 Å². The number of alkyl halides is 3. The molecule has 7 nitrogen and oxygen atoms in total. The molecule has 0 spiro atoms. The van der Waals surface area contributed by atoms with Crippen molar-refractivity contribution in [3.05, 3.63) is 142 Å². The lowest BCUT2D eigenvalue weighted by atomic mass is 10.0. The van der Waals surface area contributed by atoms with Crippen molar-refractivity contribution >= 4 is 40.3 Å². The molecule has 12 heteroatoms. The number of nitrogens with one attached hydrogen (secondary N) is 1. The van der Waals surface area contributed by atoms with E-state index >= 15 is 0 Å². The van der Waals surface area contributed by atoms with E-state index in [4.69, 9.17) is 14.5 Å². The second kappa shape index (κ2) is 13.0. The molecule has 1 amide bonds. The first kappa shape index (κ1) is 32.0. The van der Waals surface area contributed by atoms with Gasteiger partial charge in [0.25, 0.3) is 11.5 Å². The van der Waals surface area contributed by atoms with Gasteiger partial charge in [0.1, 0.15) is 24.1 Å². The van der Waals surface area contributed by atoms with Gasteiger partial charge in [-0.3, -0.25) is 14.2 Å². The molecule has 0 fully saturated rings. The Morgan fingerprint density at radius 2 is 1.85 bits per heavy atom. The third-order valence-electron chi connectivity index (χ3n) is 7.63. The number of methoxy groups -OCH3 is 1. The lowest BCUT2D eigenvalue weighted by Gasteiger charge is -2.24. The van der Waals surface area contributed by atoms with Crippen LogP contribution in [0, 0.1) is 6.92 Å². The standard InChI is InChI=1S/C35H28F3N3O4S2/c1-20-8-4-5-11-26(20)40-32(42)30-21(2)39-34-41(31(30)28-12-7-15-46-28)33(43)29(47-34)17-22-13-14-27(44-3)23(16-22)19-45-25-10-6-9-24(18-25)35(36,37)38/h4-18,31H,19H2,1-3H3,(H,40,42)/b29-17+/t31-/m0/s1. The molecule has 3 aromatic carbocycles. The van der Waals surface area contributed by atoms with Crippen LogP contribution in [0.4, 0.5) is 18.9 Å². The molecule has 2 aromatic heterocycles. The lowest BCUT2D eigenvalue weighted by molar-refractivity contribution is -0.137. The highest BCUT2D eigenvalue weighted by molar-refractivity contribution is 7.10. The normalized spacial score (nSPS) is 14.9. The van der Waals surface area contributed by atoms with Crippen molar-refractivity contribution in [2.75, 3.05) is 12.4 Å². The maximum Gasteiger partial charge on any atom is 0.416 e. The van der Waals surface area contributed by atoms with Crippen LogP contribution in [0.1, 0.15) is 40.1 Å². The van der Waals surface area contributed by atoms with Crippen LogP contribution in [-0.4, -0.2) is 17.6 Å². The third kappa shape index (κ3) is 6.65. The predicted molar refractivity (Wildman–Crippen MR) is 177 cm³/mol. The summed E-state index contributed by atoms with van der Waals surface area (Å²) in [6.07, 6.45) is -2.77. The molecule has 0 unspecified atom stereocenters. The van der Waals surface area contributed by atoms with Gasteiger partial charge in [-0.1, -0.05) is 47.7 Å². The molecular formula is C35H28F3N3O4S2. The number of carbonyl (C=O) groups excluding carboxylic acids is 1. The van der Waals surface area contributed by atoms with E-state index in [1.54, 1.807) is 35.8 Å². The number of hydrogen-bond donors (Lipinski definition) is 1. The number of allylic oxidation sites excluding steroid dienone is 1. The highest BCUT2D eigenvalue weighted by atomic mass is 32.1. The zero-order chi connectivity index (χ0) is 33.3. The van der Waals surface area contributed by atoms with Gasteiger partial charge < -0.3 is 14.8 Å². The van der Waals surface area contributed by atoms with Crippen LogP contribution in [0.3, 0.4) is 0 Å². The van der Waals surface area contributed by atoms with Crippen LogP contribution in [0.5, 0.6) is 11.5 Å². The van der Waals surface area contributed by atoms with E-state index in [2.05, 4.69) is 5.32 Å². The van der Waals surface area contributed by atoms with Gasteiger partial charge in [-0.15, -0.1) is 11.3 Å². The van der Waals surface area contributed by atoms with Gasteiger partial charge in [-0.25, -0.2) is 4.99 Å². The molecule has 1 aliphatic heterocycles. The number of aryl methyl sites for hydroxylation is 1. The molecule has 1 aliphatic rings. The second-order valence-electron chi connectivity index (χ2n) is 10.8. The summed E-state index contributed by atoms with van der Waals surface area (Å²) in [5.74, 6) is 0.203. The molecule has 3 heterocycles. The number of thiazole rings is 1. The van der Waals surface area contributed by atoms with E-state index in [1.807, 2.05) is 48.7 Å². The van der Waals surface area contributed by atoms with Crippen molar-refractivity contribution in [3.63, 3.8) is 0 Å². The lowest BCUT2D eigenvalue weighted by Crippen LogP contribution is -2.40. The Bertz CT molecular complexity index is 2180. The fourth-order valence-corrected chi connectivity index (χ4v) is 7.18. The topological polar surface area (TPSA) is 81.9 Å². The van der Waals surface area contributed by atoms with Crippen LogP contribution >= 0.6 is 22.7 Å². The number of para-hydroxylation sites is 1. The number of amides is 1. The van der Waals surface area contributed by atoms with Crippen LogP contribution in [0.2, 0.25) is 0 Å². The van der Waals surface area contributed by atoms with E-state index in [-0.39, 0.29) is 23.8 Å². The molecule has 0 aliphatic carbocycles. The number of ether oxygens (including phenoxy) is 2. The van der Waals surface area contributed by atoms with Gasteiger partial charge in [0.05, 0.1) is 28.5 Å². The van der Waals surface area contributed by atoms with Crippen molar-refractivity contribution < 1.29 is 27.4 Å². The average molecular weight is 676 g/mol. The summed E-state index contributed by atoms with van der Waals surface area (Å²) in [5.41, 5.74) is 2.59. The minimum absolute atomic E-state index is 0.0619. The Morgan fingerprint density at radius 1 is 1.04 bits per heavy atom. The summed E-state index contributed by atoms with van der Waals surface area (Å²) >= 11 is 2.66. The van der Waals surface area contributed by atoms with Crippen LogP contribution in [0.25, 0.3) is 6.08 Å². The summed E-state index contributed by atoms with van der Waals surface area (Å²) in [5, 5.41) is 4.90. The highest BCUT2D eigenvalue weighted by Crippen LogP contribution is 2.34. The average Bonchev–Trinajstić information content (AvgIpc) is 3.68. The number of fused-ring (bicyclic) bond motifs is 1. The summed E-state index contributed by atoms with van der Waals surface area (Å²) in [6.45, 7) is 3.61. The molecule has 6 rings (SSSR count). The molecule has 5 aromatic rings. The minimum atomic E-state index is -4.49. The first-order valence-electron chi connectivity index (χ1n) is 14.4. The zero-order valence-corrected chi connectivity index (χ0v) is 27.1. The first-order valence-corrected chi connectivity index (χ1v) is 16.1.